The molecule has 5 heteroatoms. The Kier molecular flexibility index (Phi) is 2.85. The van der Waals surface area contributed by atoms with Crippen LogP contribution < -0.4 is 11.1 Å². The van der Waals surface area contributed by atoms with E-state index >= 15 is 0 Å². The summed E-state index contributed by atoms with van der Waals surface area (Å²) in [5.74, 6) is -0.765. The van der Waals surface area contributed by atoms with Gasteiger partial charge in [0.2, 0.25) is 5.91 Å². The Hall–Kier alpha value is -1.88. The van der Waals surface area contributed by atoms with Crippen LogP contribution in [-0.4, -0.2) is 29.1 Å². The largest absolute Gasteiger partial charge is 0.394 e. The average molecular weight is 234 g/mol. The molecule has 1 aliphatic rings. The number of nitrogens with one attached hydrogen (secondary N) is 1. The zero-order valence-corrected chi connectivity index (χ0v) is 9.27. The fraction of sp³-hybridized carbons (Fsp3) is 0.333. The van der Waals surface area contributed by atoms with Crippen molar-refractivity contribution in [3.8, 4) is 0 Å². The van der Waals surface area contributed by atoms with Gasteiger partial charge in [0, 0.05) is 11.1 Å². The summed E-state index contributed by atoms with van der Waals surface area (Å²) in [5, 5.41) is 11.9. The molecule has 2 rings (SSSR count). The van der Waals surface area contributed by atoms with Gasteiger partial charge in [0.1, 0.15) is 0 Å². The first-order valence-corrected chi connectivity index (χ1v) is 5.40. The summed E-state index contributed by atoms with van der Waals surface area (Å²) in [4.78, 5) is 22.7. The van der Waals surface area contributed by atoms with E-state index in [1.165, 1.54) is 12.1 Å². The van der Waals surface area contributed by atoms with Gasteiger partial charge in [0.05, 0.1) is 12.1 Å². The molecule has 0 spiro atoms. The SMILES string of the molecule is NC(=O)c1ccc(C(=O)NC2(CO)CC2)cc1. The van der Waals surface area contributed by atoms with E-state index in [9.17, 15) is 9.59 Å². The van der Waals surface area contributed by atoms with Crippen LogP contribution >= 0.6 is 0 Å². The Morgan fingerprint density at radius 1 is 1.24 bits per heavy atom. The van der Waals surface area contributed by atoms with E-state index < -0.39 is 11.4 Å². The third-order valence-corrected chi connectivity index (χ3v) is 2.97. The number of hydrogen-bond donors (Lipinski definition) is 3. The van der Waals surface area contributed by atoms with Gasteiger partial charge in [-0.25, -0.2) is 0 Å². The van der Waals surface area contributed by atoms with E-state index in [4.69, 9.17) is 10.8 Å². The Morgan fingerprint density at radius 2 is 1.76 bits per heavy atom. The summed E-state index contributed by atoms with van der Waals surface area (Å²) in [6, 6.07) is 6.11. The highest BCUT2D eigenvalue weighted by Crippen LogP contribution is 2.34. The number of rotatable bonds is 4. The number of hydrogen-bond acceptors (Lipinski definition) is 3. The summed E-state index contributed by atoms with van der Waals surface area (Å²) >= 11 is 0. The molecule has 0 bridgehead atoms. The molecule has 17 heavy (non-hydrogen) atoms. The second-order valence-electron chi connectivity index (χ2n) is 4.33. The van der Waals surface area contributed by atoms with Crippen molar-refractivity contribution >= 4 is 11.8 Å². The molecule has 0 atom stereocenters. The Bertz CT molecular complexity index is 449. The summed E-state index contributed by atoms with van der Waals surface area (Å²) < 4.78 is 0. The molecule has 0 aliphatic heterocycles. The van der Waals surface area contributed by atoms with Crippen molar-refractivity contribution in [2.45, 2.75) is 18.4 Å². The molecule has 0 heterocycles. The predicted molar refractivity (Wildman–Crippen MR) is 61.5 cm³/mol. The third-order valence-electron chi connectivity index (χ3n) is 2.97. The second kappa shape index (κ2) is 4.18. The minimum absolute atomic E-state index is 0.0435. The first kappa shape index (κ1) is 11.6. The van der Waals surface area contributed by atoms with E-state index in [0.29, 0.717) is 11.1 Å². The van der Waals surface area contributed by atoms with Gasteiger partial charge >= 0.3 is 0 Å². The molecule has 1 aromatic rings. The highest BCUT2D eigenvalue weighted by molar-refractivity contribution is 5.97. The maximum atomic E-state index is 11.8. The first-order valence-electron chi connectivity index (χ1n) is 5.40. The smallest absolute Gasteiger partial charge is 0.251 e. The van der Waals surface area contributed by atoms with Crippen molar-refractivity contribution in [2.24, 2.45) is 5.73 Å². The van der Waals surface area contributed by atoms with Crippen molar-refractivity contribution in [1.29, 1.82) is 0 Å². The number of nitrogens with two attached hydrogens (primary N) is 1. The summed E-state index contributed by atoms with van der Waals surface area (Å²) in [5.41, 5.74) is 5.49. The van der Waals surface area contributed by atoms with Gasteiger partial charge < -0.3 is 16.2 Å². The maximum absolute atomic E-state index is 11.8. The summed E-state index contributed by atoms with van der Waals surface area (Å²) in [6.07, 6.45) is 1.60. The molecule has 2 amide bonds. The van der Waals surface area contributed by atoms with Crippen LogP contribution in [0, 0.1) is 0 Å². The van der Waals surface area contributed by atoms with Gasteiger partial charge in [-0.1, -0.05) is 0 Å². The Balaban J connectivity index is 2.07. The zero-order valence-electron chi connectivity index (χ0n) is 9.27. The maximum Gasteiger partial charge on any atom is 0.251 e. The van der Waals surface area contributed by atoms with E-state index in [1.807, 2.05) is 0 Å². The van der Waals surface area contributed by atoms with Gasteiger partial charge in [0.15, 0.2) is 0 Å². The number of aliphatic hydroxyl groups excluding tert-OH is 1. The number of carbonyl (C=O) groups excluding carboxylic acids is 2. The van der Waals surface area contributed by atoms with Crippen molar-refractivity contribution in [3.05, 3.63) is 35.4 Å². The monoisotopic (exact) mass is 234 g/mol. The van der Waals surface area contributed by atoms with E-state index in [-0.39, 0.29) is 12.5 Å². The molecular weight excluding hydrogens is 220 g/mol. The van der Waals surface area contributed by atoms with E-state index in [0.717, 1.165) is 12.8 Å². The molecule has 0 unspecified atom stereocenters. The Morgan fingerprint density at radius 3 is 2.18 bits per heavy atom. The molecule has 1 saturated carbocycles. The van der Waals surface area contributed by atoms with Crippen molar-refractivity contribution in [1.82, 2.24) is 5.32 Å². The van der Waals surface area contributed by atoms with Crippen LogP contribution in [0.25, 0.3) is 0 Å². The van der Waals surface area contributed by atoms with Crippen LogP contribution in [-0.2, 0) is 0 Å². The third kappa shape index (κ3) is 2.45. The lowest BCUT2D eigenvalue weighted by Crippen LogP contribution is -2.39. The van der Waals surface area contributed by atoms with Gasteiger partial charge in [-0.05, 0) is 37.1 Å². The van der Waals surface area contributed by atoms with Gasteiger partial charge in [0.25, 0.3) is 5.91 Å². The first-order chi connectivity index (χ1) is 8.06. The van der Waals surface area contributed by atoms with Crippen LogP contribution in [0.15, 0.2) is 24.3 Å². The topological polar surface area (TPSA) is 92.4 Å². The zero-order chi connectivity index (χ0) is 12.5. The van der Waals surface area contributed by atoms with Crippen molar-refractivity contribution in [3.63, 3.8) is 0 Å². The van der Waals surface area contributed by atoms with Crippen LogP contribution in [0.2, 0.25) is 0 Å². The molecular formula is C12H14N2O3. The molecule has 1 aliphatic carbocycles. The van der Waals surface area contributed by atoms with Crippen LogP contribution in [0.5, 0.6) is 0 Å². The lowest BCUT2D eigenvalue weighted by atomic mass is 10.1. The summed E-state index contributed by atoms with van der Waals surface area (Å²) in [6.45, 7) is -0.0435. The molecule has 4 N–H and O–H groups in total. The van der Waals surface area contributed by atoms with Gasteiger partial charge in [-0.3, -0.25) is 9.59 Å². The van der Waals surface area contributed by atoms with Crippen LogP contribution in [0.3, 0.4) is 0 Å². The molecule has 0 aromatic heterocycles. The van der Waals surface area contributed by atoms with E-state index in [1.54, 1.807) is 12.1 Å². The molecule has 1 aromatic carbocycles. The van der Waals surface area contributed by atoms with E-state index in [2.05, 4.69) is 5.32 Å². The fourth-order valence-electron chi connectivity index (χ4n) is 1.57. The molecule has 0 saturated heterocycles. The lowest BCUT2D eigenvalue weighted by molar-refractivity contribution is 0.0905. The lowest BCUT2D eigenvalue weighted by Gasteiger charge is -2.14. The molecule has 1 fully saturated rings. The Labute approximate surface area is 98.6 Å². The van der Waals surface area contributed by atoms with Crippen molar-refractivity contribution in [2.75, 3.05) is 6.61 Å². The number of carbonyl (C=O) groups is 2. The minimum Gasteiger partial charge on any atom is -0.394 e. The normalized spacial score (nSPS) is 16.3. The highest BCUT2D eigenvalue weighted by atomic mass is 16.3. The summed E-state index contributed by atoms with van der Waals surface area (Å²) in [7, 11) is 0. The molecule has 0 radical (unpaired) electrons. The van der Waals surface area contributed by atoms with Gasteiger partial charge in [-0.15, -0.1) is 0 Å². The minimum atomic E-state index is -0.522. The highest BCUT2D eigenvalue weighted by Gasteiger charge is 2.43. The second-order valence-corrected chi connectivity index (χ2v) is 4.33. The van der Waals surface area contributed by atoms with Crippen LogP contribution in [0.4, 0.5) is 0 Å². The van der Waals surface area contributed by atoms with Gasteiger partial charge in [-0.2, -0.15) is 0 Å². The van der Waals surface area contributed by atoms with Crippen LogP contribution in [0.1, 0.15) is 33.6 Å². The average Bonchev–Trinajstić information content (AvgIpc) is 3.09. The quantitative estimate of drug-likeness (QED) is 0.686. The molecule has 90 valence electrons. The standard InChI is InChI=1S/C12H14N2O3/c13-10(16)8-1-3-9(4-2-8)11(17)14-12(7-15)5-6-12/h1-4,15H,5-7H2,(H2,13,16)(H,14,17). The molecule has 5 nitrogen and oxygen atoms in total. The number of benzene rings is 1. The number of amides is 2. The fourth-order valence-corrected chi connectivity index (χ4v) is 1.57. The number of primary amides is 1. The number of aliphatic hydroxyl groups is 1. The van der Waals surface area contributed by atoms with Crippen molar-refractivity contribution < 1.29 is 14.7 Å². The predicted octanol–water partition coefficient (Wildman–Crippen LogP) is 0.0402.